The Morgan fingerprint density at radius 3 is 2.58 bits per heavy atom. The summed E-state index contributed by atoms with van der Waals surface area (Å²) in [4.78, 5) is 36.6. The van der Waals surface area contributed by atoms with Gasteiger partial charge in [0, 0.05) is 24.4 Å². The highest BCUT2D eigenvalue weighted by molar-refractivity contribution is 5.96. The number of benzene rings is 2. The van der Waals surface area contributed by atoms with Crippen molar-refractivity contribution < 1.29 is 23.5 Å². The number of hydrogen-bond acceptors (Lipinski definition) is 6. The molecule has 7 nitrogen and oxygen atoms in total. The second kappa shape index (κ2) is 10.8. The lowest BCUT2D eigenvalue weighted by Crippen LogP contribution is -2.31. The molecule has 7 heteroatoms. The third-order valence-corrected chi connectivity index (χ3v) is 4.97. The largest absolute Gasteiger partial charge is 0.493 e. The van der Waals surface area contributed by atoms with Gasteiger partial charge in [0.2, 0.25) is 0 Å². The number of rotatable bonds is 9. The number of amides is 1. The van der Waals surface area contributed by atoms with Gasteiger partial charge in [0.25, 0.3) is 5.91 Å². The molecule has 1 heterocycles. The molecule has 2 aromatic carbocycles. The van der Waals surface area contributed by atoms with Gasteiger partial charge >= 0.3 is 11.6 Å². The number of nitrogens with one attached hydrogen (secondary N) is 1. The molecule has 1 aromatic heterocycles. The summed E-state index contributed by atoms with van der Waals surface area (Å²) in [5, 5.41) is 3.26. The molecule has 0 fully saturated rings. The maximum absolute atomic E-state index is 12.2. The highest BCUT2D eigenvalue weighted by Crippen LogP contribution is 2.22. The number of hydrogen-bond donors (Lipinski definition) is 1. The van der Waals surface area contributed by atoms with Crippen LogP contribution in [0.25, 0.3) is 11.0 Å². The lowest BCUT2D eigenvalue weighted by molar-refractivity contribution is -0.134. The summed E-state index contributed by atoms with van der Waals surface area (Å²) in [5.41, 5.74) is 1.66. The minimum atomic E-state index is -0.740. The van der Waals surface area contributed by atoms with E-state index in [1.165, 1.54) is 17.7 Å². The first kappa shape index (κ1) is 24.0. The molecule has 0 aliphatic carbocycles. The average Bonchev–Trinajstić information content (AvgIpc) is 2.75. The monoisotopic (exact) mass is 451 g/mol. The summed E-state index contributed by atoms with van der Waals surface area (Å²) in [6.45, 7) is 8.78. The van der Waals surface area contributed by atoms with E-state index in [4.69, 9.17) is 13.9 Å². The van der Waals surface area contributed by atoms with Crippen LogP contribution in [0, 0.1) is 19.8 Å². The number of ether oxygens (including phenoxy) is 2. The van der Waals surface area contributed by atoms with Gasteiger partial charge in [0.15, 0.2) is 0 Å². The molecule has 0 saturated carbocycles. The predicted molar refractivity (Wildman–Crippen MR) is 126 cm³/mol. The fourth-order valence-corrected chi connectivity index (χ4v) is 3.25. The van der Waals surface area contributed by atoms with Crippen molar-refractivity contribution in [1.82, 2.24) is 5.32 Å². The minimum absolute atomic E-state index is 0.0586. The zero-order valence-corrected chi connectivity index (χ0v) is 19.4. The first-order chi connectivity index (χ1) is 15.7. The summed E-state index contributed by atoms with van der Waals surface area (Å²) in [7, 11) is 0. The predicted octanol–water partition coefficient (Wildman–Crippen LogP) is 4.56. The molecule has 1 N–H and O–H groups in total. The van der Waals surface area contributed by atoms with Gasteiger partial charge in [-0.05, 0) is 56.0 Å². The Labute approximate surface area is 192 Å². The van der Waals surface area contributed by atoms with Crippen LogP contribution in [-0.2, 0) is 4.79 Å². The summed E-state index contributed by atoms with van der Waals surface area (Å²) in [6, 6.07) is 12.1. The van der Waals surface area contributed by atoms with Crippen LogP contribution in [0.3, 0.4) is 0 Å². The number of aryl methyl sites for hydroxylation is 2. The first-order valence-corrected chi connectivity index (χ1v) is 11.0. The maximum Gasteiger partial charge on any atom is 0.349 e. The molecule has 0 aliphatic heterocycles. The van der Waals surface area contributed by atoms with Crippen LogP contribution in [0.4, 0.5) is 0 Å². The molecule has 0 unspecified atom stereocenters. The number of fused-ring (bicyclic) bond motifs is 1. The zero-order chi connectivity index (χ0) is 24.0. The standard InChI is InChI=1S/C26H29NO6/c1-16(2)15-27-25(29)21-13-19-8-9-20(14-23(19)33-26(21)30)32-24(28)6-5-11-31-22-10-7-17(3)12-18(22)4/h7-10,12-14,16H,5-6,11,15H2,1-4H3,(H,27,29). The van der Waals surface area contributed by atoms with E-state index in [2.05, 4.69) is 5.32 Å². The van der Waals surface area contributed by atoms with Crippen LogP contribution in [0.5, 0.6) is 11.5 Å². The van der Waals surface area contributed by atoms with Crippen molar-refractivity contribution in [3.8, 4) is 11.5 Å². The van der Waals surface area contributed by atoms with Crippen molar-refractivity contribution in [1.29, 1.82) is 0 Å². The summed E-state index contributed by atoms with van der Waals surface area (Å²) >= 11 is 0. The molecule has 174 valence electrons. The van der Waals surface area contributed by atoms with E-state index in [9.17, 15) is 14.4 Å². The maximum atomic E-state index is 12.2. The Morgan fingerprint density at radius 2 is 1.85 bits per heavy atom. The van der Waals surface area contributed by atoms with Crippen molar-refractivity contribution in [3.05, 3.63) is 69.6 Å². The Morgan fingerprint density at radius 1 is 1.06 bits per heavy atom. The van der Waals surface area contributed by atoms with Gasteiger partial charge in [-0.3, -0.25) is 9.59 Å². The summed E-state index contributed by atoms with van der Waals surface area (Å²) in [6.07, 6.45) is 0.686. The van der Waals surface area contributed by atoms with Crippen molar-refractivity contribution in [2.75, 3.05) is 13.2 Å². The average molecular weight is 452 g/mol. The molecular weight excluding hydrogens is 422 g/mol. The van der Waals surface area contributed by atoms with E-state index in [0.717, 1.165) is 11.3 Å². The molecule has 0 spiro atoms. The molecule has 0 bridgehead atoms. The zero-order valence-electron chi connectivity index (χ0n) is 19.4. The van der Waals surface area contributed by atoms with Gasteiger partial charge in [-0.1, -0.05) is 31.5 Å². The minimum Gasteiger partial charge on any atom is -0.493 e. The molecule has 0 aliphatic rings. The molecule has 3 aromatic rings. The fourth-order valence-electron chi connectivity index (χ4n) is 3.25. The smallest absolute Gasteiger partial charge is 0.349 e. The van der Waals surface area contributed by atoms with Gasteiger partial charge < -0.3 is 19.2 Å². The van der Waals surface area contributed by atoms with Gasteiger partial charge in [-0.25, -0.2) is 4.79 Å². The lowest BCUT2D eigenvalue weighted by atomic mass is 10.1. The Kier molecular flexibility index (Phi) is 7.87. The number of esters is 1. The van der Waals surface area contributed by atoms with Crippen LogP contribution in [0.15, 0.2) is 51.7 Å². The number of carbonyl (C=O) groups is 2. The molecule has 0 saturated heterocycles. The molecule has 0 atom stereocenters. The molecule has 1 amide bonds. The van der Waals surface area contributed by atoms with Crippen molar-refractivity contribution in [3.63, 3.8) is 0 Å². The Bertz CT molecular complexity index is 1210. The molecule has 3 rings (SSSR count). The third kappa shape index (κ3) is 6.68. The van der Waals surface area contributed by atoms with Crippen LogP contribution < -0.4 is 20.4 Å². The number of carbonyl (C=O) groups excluding carboxylic acids is 2. The molecule has 33 heavy (non-hydrogen) atoms. The van der Waals surface area contributed by atoms with Crippen LogP contribution in [-0.4, -0.2) is 25.0 Å². The lowest BCUT2D eigenvalue weighted by Gasteiger charge is -2.10. The molecule has 0 radical (unpaired) electrons. The van der Waals surface area contributed by atoms with E-state index in [1.54, 1.807) is 12.1 Å². The van der Waals surface area contributed by atoms with E-state index < -0.39 is 17.5 Å². The second-order valence-electron chi connectivity index (χ2n) is 8.45. The Hall–Kier alpha value is -3.61. The fraction of sp³-hybridized carbons (Fsp3) is 0.346. The van der Waals surface area contributed by atoms with Crippen molar-refractivity contribution >= 4 is 22.8 Å². The summed E-state index contributed by atoms with van der Waals surface area (Å²) < 4.78 is 16.4. The highest BCUT2D eigenvalue weighted by atomic mass is 16.5. The van der Waals surface area contributed by atoms with Gasteiger partial charge in [-0.2, -0.15) is 0 Å². The normalized spacial score (nSPS) is 10.9. The summed E-state index contributed by atoms with van der Waals surface area (Å²) in [5.74, 6) is 0.444. The highest BCUT2D eigenvalue weighted by Gasteiger charge is 2.15. The van der Waals surface area contributed by atoms with Crippen LogP contribution in [0.2, 0.25) is 0 Å². The van der Waals surface area contributed by atoms with E-state index in [1.807, 2.05) is 45.9 Å². The van der Waals surface area contributed by atoms with Gasteiger partial charge in [-0.15, -0.1) is 0 Å². The quantitative estimate of drug-likeness (QED) is 0.222. The van der Waals surface area contributed by atoms with Gasteiger partial charge in [0.1, 0.15) is 22.6 Å². The van der Waals surface area contributed by atoms with Crippen molar-refractivity contribution in [2.45, 2.75) is 40.5 Å². The third-order valence-electron chi connectivity index (χ3n) is 4.97. The van der Waals surface area contributed by atoms with E-state index in [0.29, 0.717) is 25.0 Å². The molecular formula is C26H29NO6. The van der Waals surface area contributed by atoms with E-state index in [-0.39, 0.29) is 29.2 Å². The van der Waals surface area contributed by atoms with Crippen LogP contribution >= 0.6 is 0 Å². The van der Waals surface area contributed by atoms with Crippen LogP contribution in [0.1, 0.15) is 48.2 Å². The SMILES string of the molecule is Cc1ccc(OCCCC(=O)Oc2ccc3cc(C(=O)NCC(C)C)c(=O)oc3c2)c(C)c1. The van der Waals surface area contributed by atoms with Gasteiger partial charge in [0.05, 0.1) is 6.61 Å². The van der Waals surface area contributed by atoms with E-state index >= 15 is 0 Å². The Balaban J connectivity index is 1.56. The first-order valence-electron chi connectivity index (χ1n) is 11.0. The van der Waals surface area contributed by atoms with Crippen molar-refractivity contribution in [2.24, 2.45) is 5.92 Å². The topological polar surface area (TPSA) is 94.8 Å². The second-order valence-corrected chi connectivity index (χ2v) is 8.45.